The highest BCUT2D eigenvalue weighted by Gasteiger charge is 2.20. The van der Waals surface area contributed by atoms with Gasteiger partial charge < -0.3 is 5.32 Å². The van der Waals surface area contributed by atoms with E-state index in [1.807, 2.05) is 12.1 Å². The van der Waals surface area contributed by atoms with Crippen LogP contribution < -0.4 is 5.32 Å². The van der Waals surface area contributed by atoms with Crippen LogP contribution in [-0.4, -0.2) is 20.9 Å². The summed E-state index contributed by atoms with van der Waals surface area (Å²) in [5, 5.41) is 2.80. The largest absolute Gasteiger partial charge is 0.309 e. The number of nitrogens with one attached hydrogen (secondary N) is 1. The molecule has 2 rings (SSSR count). The molecule has 5 nitrogen and oxygen atoms in total. The van der Waals surface area contributed by atoms with E-state index >= 15 is 0 Å². The molecule has 1 amide bonds. The van der Waals surface area contributed by atoms with Crippen molar-refractivity contribution in [2.75, 3.05) is 5.32 Å². The Hall–Kier alpha value is -1.34. The first kappa shape index (κ1) is 16.0. The summed E-state index contributed by atoms with van der Waals surface area (Å²) in [6, 6.07) is 3.73. The lowest BCUT2D eigenvalue weighted by atomic mass is 9.94. The van der Waals surface area contributed by atoms with E-state index in [1.54, 1.807) is 12.4 Å². The van der Waals surface area contributed by atoms with Crippen LogP contribution in [0.15, 0.2) is 39.9 Å². The van der Waals surface area contributed by atoms with E-state index in [2.05, 4.69) is 59.1 Å². The normalized spacial score (nSPS) is 12.0. The van der Waals surface area contributed by atoms with E-state index in [9.17, 15) is 4.79 Å². The number of amides is 1. The minimum atomic E-state index is -0.236. The van der Waals surface area contributed by atoms with Gasteiger partial charge in [0.05, 0.1) is 18.3 Å². The number of pyridine rings is 1. The molecule has 0 aromatic carbocycles. The Bertz CT molecular complexity index is 619. The van der Waals surface area contributed by atoms with Gasteiger partial charge in [0.2, 0.25) is 5.91 Å². The Kier molecular flexibility index (Phi) is 5.81. The molecule has 1 atom stereocenters. The van der Waals surface area contributed by atoms with Crippen molar-refractivity contribution in [3.63, 3.8) is 0 Å². The smallest absolute Gasteiger partial charge is 0.233 e. The Morgan fingerprint density at radius 2 is 2.05 bits per heavy atom. The molecule has 2 aromatic rings. The summed E-state index contributed by atoms with van der Waals surface area (Å²) in [6.45, 7) is 2.05. The van der Waals surface area contributed by atoms with Crippen molar-refractivity contribution in [3.8, 4) is 0 Å². The van der Waals surface area contributed by atoms with Crippen LogP contribution in [0.3, 0.4) is 0 Å². The van der Waals surface area contributed by atoms with Gasteiger partial charge in [-0.3, -0.25) is 4.79 Å². The lowest BCUT2D eigenvalue weighted by Gasteiger charge is -2.16. The zero-order chi connectivity index (χ0) is 15.2. The first-order valence-electron chi connectivity index (χ1n) is 6.50. The SMILES string of the molecule is CCCC(C(=O)Nc1cnc(Br)cn1)c1ccnc(Br)c1. The monoisotopic (exact) mass is 412 g/mol. The number of anilines is 1. The van der Waals surface area contributed by atoms with E-state index in [1.165, 1.54) is 6.20 Å². The molecule has 0 radical (unpaired) electrons. The lowest BCUT2D eigenvalue weighted by molar-refractivity contribution is -0.117. The van der Waals surface area contributed by atoms with Crippen LogP contribution in [0, 0.1) is 0 Å². The molecule has 0 saturated heterocycles. The number of carbonyl (C=O) groups is 1. The Balaban J connectivity index is 2.17. The summed E-state index contributed by atoms with van der Waals surface area (Å²) in [5.74, 6) is 0.115. The molecule has 0 aliphatic rings. The predicted molar refractivity (Wildman–Crippen MR) is 87.9 cm³/mol. The number of rotatable bonds is 5. The fourth-order valence-corrected chi connectivity index (χ4v) is 2.55. The number of aromatic nitrogens is 3. The van der Waals surface area contributed by atoms with Crippen LogP contribution in [0.4, 0.5) is 5.82 Å². The van der Waals surface area contributed by atoms with Crippen LogP contribution in [0.5, 0.6) is 0 Å². The molecule has 0 fully saturated rings. The van der Waals surface area contributed by atoms with Gasteiger partial charge in [0.1, 0.15) is 9.21 Å². The zero-order valence-corrected chi connectivity index (χ0v) is 14.6. The number of halogens is 2. The zero-order valence-electron chi connectivity index (χ0n) is 11.4. The van der Waals surface area contributed by atoms with Crippen molar-refractivity contribution in [2.24, 2.45) is 0 Å². The molecular weight excluding hydrogens is 400 g/mol. The van der Waals surface area contributed by atoms with E-state index in [0.717, 1.165) is 23.0 Å². The molecule has 21 heavy (non-hydrogen) atoms. The molecule has 0 aliphatic carbocycles. The summed E-state index contributed by atoms with van der Waals surface area (Å²) >= 11 is 6.55. The van der Waals surface area contributed by atoms with Crippen LogP contribution >= 0.6 is 31.9 Å². The standard InChI is InChI=1S/C14H14Br2N4O/c1-2-3-10(9-4-5-17-11(15)6-9)14(21)20-13-8-18-12(16)7-19-13/h4-8,10H,2-3H2,1H3,(H,19,20,21). The van der Waals surface area contributed by atoms with Crippen LogP contribution in [0.25, 0.3) is 0 Å². The molecule has 0 aliphatic heterocycles. The second-order valence-electron chi connectivity index (χ2n) is 4.47. The van der Waals surface area contributed by atoms with Crippen molar-refractivity contribution < 1.29 is 4.79 Å². The van der Waals surface area contributed by atoms with Gasteiger partial charge in [0.15, 0.2) is 5.82 Å². The fraction of sp³-hybridized carbons (Fsp3) is 0.286. The Morgan fingerprint density at radius 1 is 1.24 bits per heavy atom. The van der Waals surface area contributed by atoms with Crippen molar-refractivity contribution in [3.05, 3.63) is 45.5 Å². The number of hydrogen-bond donors (Lipinski definition) is 1. The van der Waals surface area contributed by atoms with Gasteiger partial charge in [-0.15, -0.1) is 0 Å². The van der Waals surface area contributed by atoms with Gasteiger partial charge in [0, 0.05) is 6.20 Å². The highest BCUT2D eigenvalue weighted by atomic mass is 79.9. The van der Waals surface area contributed by atoms with Crippen LogP contribution in [-0.2, 0) is 4.79 Å². The number of hydrogen-bond acceptors (Lipinski definition) is 4. The summed E-state index contributed by atoms with van der Waals surface area (Å²) in [7, 11) is 0. The molecule has 2 aromatic heterocycles. The number of nitrogens with zero attached hydrogens (tertiary/aromatic N) is 3. The molecule has 1 N–H and O–H groups in total. The molecule has 7 heteroatoms. The topological polar surface area (TPSA) is 67.8 Å². The number of carbonyl (C=O) groups excluding carboxylic acids is 1. The van der Waals surface area contributed by atoms with Crippen molar-refractivity contribution in [2.45, 2.75) is 25.7 Å². The van der Waals surface area contributed by atoms with E-state index in [-0.39, 0.29) is 11.8 Å². The summed E-state index contributed by atoms with van der Waals surface area (Å²) in [6.07, 6.45) is 6.42. The minimum Gasteiger partial charge on any atom is -0.309 e. The quantitative estimate of drug-likeness (QED) is 0.754. The lowest BCUT2D eigenvalue weighted by Crippen LogP contribution is -2.22. The Morgan fingerprint density at radius 3 is 2.67 bits per heavy atom. The maximum atomic E-state index is 12.5. The molecule has 0 spiro atoms. The second kappa shape index (κ2) is 7.61. The summed E-state index contributed by atoms with van der Waals surface area (Å²) in [5.41, 5.74) is 0.932. The van der Waals surface area contributed by atoms with Crippen molar-refractivity contribution >= 4 is 43.6 Å². The maximum Gasteiger partial charge on any atom is 0.233 e. The molecule has 110 valence electrons. The third-order valence-electron chi connectivity index (χ3n) is 2.92. The highest BCUT2D eigenvalue weighted by molar-refractivity contribution is 9.10. The van der Waals surface area contributed by atoms with Crippen LogP contribution in [0.1, 0.15) is 31.2 Å². The first-order chi connectivity index (χ1) is 10.1. The molecular formula is C14H14Br2N4O. The molecule has 0 bridgehead atoms. The van der Waals surface area contributed by atoms with Crippen molar-refractivity contribution in [1.29, 1.82) is 0 Å². The van der Waals surface area contributed by atoms with Crippen LogP contribution in [0.2, 0.25) is 0 Å². The minimum absolute atomic E-state index is 0.0911. The second-order valence-corrected chi connectivity index (χ2v) is 6.09. The Labute approximate surface area is 139 Å². The highest BCUT2D eigenvalue weighted by Crippen LogP contribution is 2.24. The maximum absolute atomic E-state index is 12.5. The third kappa shape index (κ3) is 4.57. The molecule has 1 unspecified atom stereocenters. The third-order valence-corrected chi connectivity index (χ3v) is 3.76. The van der Waals surface area contributed by atoms with Gasteiger partial charge >= 0.3 is 0 Å². The molecule has 0 saturated carbocycles. The predicted octanol–water partition coefficient (Wildman–Crippen LogP) is 3.92. The van der Waals surface area contributed by atoms with Crippen molar-refractivity contribution in [1.82, 2.24) is 15.0 Å². The van der Waals surface area contributed by atoms with Gasteiger partial charge in [-0.2, -0.15) is 0 Å². The average molecular weight is 414 g/mol. The van der Waals surface area contributed by atoms with Gasteiger partial charge in [-0.25, -0.2) is 15.0 Å². The summed E-state index contributed by atoms with van der Waals surface area (Å²) in [4.78, 5) is 24.7. The summed E-state index contributed by atoms with van der Waals surface area (Å²) < 4.78 is 1.35. The van der Waals surface area contributed by atoms with Gasteiger partial charge in [0.25, 0.3) is 0 Å². The average Bonchev–Trinajstić information content (AvgIpc) is 2.47. The molecule has 2 heterocycles. The van der Waals surface area contributed by atoms with E-state index < -0.39 is 0 Å². The van der Waals surface area contributed by atoms with Gasteiger partial charge in [-0.05, 0) is 56.0 Å². The fourth-order valence-electron chi connectivity index (χ4n) is 1.96. The first-order valence-corrected chi connectivity index (χ1v) is 8.08. The van der Waals surface area contributed by atoms with E-state index in [0.29, 0.717) is 10.4 Å². The van der Waals surface area contributed by atoms with E-state index in [4.69, 9.17) is 0 Å². The van der Waals surface area contributed by atoms with Gasteiger partial charge in [-0.1, -0.05) is 13.3 Å².